The maximum absolute atomic E-state index is 12.3. The zero-order valence-corrected chi connectivity index (χ0v) is 12.6. The summed E-state index contributed by atoms with van der Waals surface area (Å²) >= 11 is 0. The van der Waals surface area contributed by atoms with Crippen LogP contribution < -0.4 is 10.9 Å². The second-order valence-electron chi connectivity index (χ2n) is 5.15. The lowest BCUT2D eigenvalue weighted by Crippen LogP contribution is -2.34. The first-order chi connectivity index (χ1) is 11.7. The van der Waals surface area contributed by atoms with Gasteiger partial charge in [0.05, 0.1) is 17.0 Å². The third-order valence-corrected chi connectivity index (χ3v) is 3.50. The zero-order valence-electron chi connectivity index (χ0n) is 12.6. The van der Waals surface area contributed by atoms with Crippen LogP contribution in [0.5, 0.6) is 0 Å². The Bertz CT molecular complexity index is 986. The molecule has 3 rings (SSSR count). The van der Waals surface area contributed by atoms with Crippen molar-refractivity contribution in [2.75, 3.05) is 0 Å². The van der Waals surface area contributed by atoms with Crippen LogP contribution in [-0.2, 0) is 17.9 Å². The largest absolute Gasteiger partial charge is 0.350 e. The summed E-state index contributed by atoms with van der Waals surface area (Å²) in [6, 6.07) is 15.8. The lowest BCUT2D eigenvalue weighted by Gasteiger charge is -2.07. The van der Waals surface area contributed by atoms with E-state index in [4.69, 9.17) is 5.26 Å². The summed E-state index contributed by atoms with van der Waals surface area (Å²) in [6.45, 7) is 0.104. The van der Waals surface area contributed by atoms with Crippen molar-refractivity contribution >= 4 is 16.8 Å². The van der Waals surface area contributed by atoms with Gasteiger partial charge in [0.15, 0.2) is 0 Å². The van der Waals surface area contributed by atoms with Crippen molar-refractivity contribution in [2.45, 2.75) is 13.1 Å². The first-order valence-electron chi connectivity index (χ1n) is 7.25. The minimum Gasteiger partial charge on any atom is -0.350 e. The number of nitriles is 1. The zero-order chi connectivity index (χ0) is 16.9. The number of fused-ring (bicyclic) bond motifs is 1. The first-order valence-corrected chi connectivity index (χ1v) is 7.25. The number of rotatable bonds is 4. The fourth-order valence-electron chi connectivity index (χ4n) is 2.22. The maximum Gasteiger partial charge on any atom is 0.278 e. The maximum atomic E-state index is 12.3. The molecule has 0 fully saturated rings. The minimum atomic E-state index is -0.353. The summed E-state index contributed by atoms with van der Waals surface area (Å²) in [5.74, 6) is -0.342. The smallest absolute Gasteiger partial charge is 0.278 e. The van der Waals surface area contributed by atoms with Crippen molar-refractivity contribution in [2.24, 2.45) is 0 Å². The molecular formula is C17H13N5O2. The Hall–Kier alpha value is -3.53. The molecule has 1 amide bonds. The molecule has 0 aliphatic heterocycles. The van der Waals surface area contributed by atoms with Crippen LogP contribution in [0.15, 0.2) is 53.3 Å². The van der Waals surface area contributed by atoms with Gasteiger partial charge in [0.2, 0.25) is 5.91 Å². The van der Waals surface area contributed by atoms with Crippen LogP contribution in [0, 0.1) is 11.3 Å². The van der Waals surface area contributed by atoms with Crippen LogP contribution in [0.4, 0.5) is 0 Å². The fraction of sp³-hybridized carbons (Fsp3) is 0.118. The van der Waals surface area contributed by atoms with Crippen molar-refractivity contribution in [3.8, 4) is 6.07 Å². The van der Waals surface area contributed by atoms with Crippen molar-refractivity contribution in [1.82, 2.24) is 20.3 Å². The number of nitrogens with one attached hydrogen (secondary N) is 1. The number of benzene rings is 2. The Balaban J connectivity index is 1.67. The van der Waals surface area contributed by atoms with E-state index >= 15 is 0 Å². The van der Waals surface area contributed by atoms with Crippen LogP contribution in [0.25, 0.3) is 10.9 Å². The predicted octanol–water partition coefficient (Wildman–Crippen LogP) is 0.980. The molecule has 0 atom stereocenters. The van der Waals surface area contributed by atoms with E-state index in [2.05, 4.69) is 15.6 Å². The van der Waals surface area contributed by atoms with E-state index in [1.54, 1.807) is 48.5 Å². The number of nitrogens with zero attached hydrogens (tertiary/aromatic N) is 4. The number of hydrogen-bond acceptors (Lipinski definition) is 5. The third-order valence-electron chi connectivity index (χ3n) is 3.50. The molecule has 7 nitrogen and oxygen atoms in total. The fourth-order valence-corrected chi connectivity index (χ4v) is 2.22. The monoisotopic (exact) mass is 319 g/mol. The topological polar surface area (TPSA) is 101 Å². The molecule has 3 aromatic rings. The summed E-state index contributed by atoms with van der Waals surface area (Å²) in [5.41, 5.74) is 1.56. The second kappa shape index (κ2) is 6.71. The average Bonchev–Trinajstić information content (AvgIpc) is 2.63. The molecule has 0 saturated heterocycles. The Kier molecular flexibility index (Phi) is 4.29. The number of hydrogen-bond donors (Lipinski definition) is 1. The highest BCUT2D eigenvalue weighted by atomic mass is 16.2. The lowest BCUT2D eigenvalue weighted by atomic mass is 10.1. The molecule has 1 N–H and O–H groups in total. The second-order valence-corrected chi connectivity index (χ2v) is 5.15. The highest BCUT2D eigenvalue weighted by Gasteiger charge is 2.09. The molecule has 0 spiro atoms. The normalized spacial score (nSPS) is 10.3. The SMILES string of the molecule is N#Cc1ccc(CNC(=O)Cn2nnc3ccccc3c2=O)cc1. The van der Waals surface area contributed by atoms with Crippen molar-refractivity contribution in [3.05, 3.63) is 70.0 Å². The molecule has 0 aliphatic rings. The van der Waals surface area contributed by atoms with Crippen LogP contribution in [0.3, 0.4) is 0 Å². The lowest BCUT2D eigenvalue weighted by molar-refractivity contribution is -0.122. The highest BCUT2D eigenvalue weighted by Crippen LogP contribution is 2.04. The molecule has 0 saturated carbocycles. The van der Waals surface area contributed by atoms with Crippen molar-refractivity contribution < 1.29 is 4.79 Å². The van der Waals surface area contributed by atoms with Gasteiger partial charge in [0, 0.05) is 6.54 Å². The van der Waals surface area contributed by atoms with Gasteiger partial charge in [-0.2, -0.15) is 5.26 Å². The van der Waals surface area contributed by atoms with Gasteiger partial charge in [-0.05, 0) is 29.8 Å². The molecule has 0 radical (unpaired) electrons. The molecule has 24 heavy (non-hydrogen) atoms. The van der Waals surface area contributed by atoms with Gasteiger partial charge in [0.1, 0.15) is 12.1 Å². The Morgan fingerprint density at radius 1 is 1.17 bits per heavy atom. The van der Waals surface area contributed by atoms with Gasteiger partial charge < -0.3 is 5.32 Å². The molecule has 1 aromatic heterocycles. The Labute approximate surface area is 137 Å². The van der Waals surface area contributed by atoms with Gasteiger partial charge in [0.25, 0.3) is 5.56 Å². The van der Waals surface area contributed by atoms with Crippen molar-refractivity contribution in [1.29, 1.82) is 5.26 Å². The van der Waals surface area contributed by atoms with Gasteiger partial charge in [-0.15, -0.1) is 5.10 Å². The predicted molar refractivity (Wildman–Crippen MR) is 86.8 cm³/mol. The summed E-state index contributed by atoms with van der Waals surface area (Å²) in [7, 11) is 0. The van der Waals surface area contributed by atoms with E-state index in [-0.39, 0.29) is 18.0 Å². The van der Waals surface area contributed by atoms with E-state index in [1.165, 1.54) is 0 Å². The van der Waals surface area contributed by atoms with Crippen LogP contribution in [0.1, 0.15) is 11.1 Å². The van der Waals surface area contributed by atoms with Gasteiger partial charge >= 0.3 is 0 Å². The van der Waals surface area contributed by atoms with Gasteiger partial charge in [-0.25, -0.2) is 4.68 Å². The standard InChI is InChI=1S/C17H13N5O2/c18-9-12-5-7-13(8-6-12)10-19-16(23)11-22-17(24)14-3-1-2-4-15(14)20-21-22/h1-8H,10-11H2,(H,19,23). The average molecular weight is 319 g/mol. The summed E-state index contributed by atoms with van der Waals surface area (Å²) < 4.78 is 1.04. The summed E-state index contributed by atoms with van der Waals surface area (Å²) in [4.78, 5) is 24.3. The van der Waals surface area contributed by atoms with Gasteiger partial charge in [-0.1, -0.05) is 29.5 Å². The number of carbonyl (C=O) groups excluding carboxylic acids is 1. The molecule has 0 unspecified atom stereocenters. The Morgan fingerprint density at radius 3 is 2.67 bits per heavy atom. The van der Waals surface area contributed by atoms with E-state index in [9.17, 15) is 9.59 Å². The summed E-state index contributed by atoms with van der Waals surface area (Å²) in [6.07, 6.45) is 0. The van der Waals surface area contributed by atoms with Gasteiger partial charge in [-0.3, -0.25) is 9.59 Å². The van der Waals surface area contributed by atoms with Crippen LogP contribution in [-0.4, -0.2) is 20.9 Å². The minimum absolute atomic E-state index is 0.201. The Morgan fingerprint density at radius 2 is 1.92 bits per heavy atom. The van der Waals surface area contributed by atoms with E-state index in [0.717, 1.165) is 10.2 Å². The van der Waals surface area contributed by atoms with Crippen LogP contribution in [0.2, 0.25) is 0 Å². The summed E-state index contributed by atoms with van der Waals surface area (Å²) in [5, 5.41) is 19.6. The molecule has 118 valence electrons. The first kappa shape index (κ1) is 15.4. The van der Waals surface area contributed by atoms with E-state index < -0.39 is 0 Å². The highest BCUT2D eigenvalue weighted by molar-refractivity contribution is 5.78. The molecule has 2 aromatic carbocycles. The molecule has 0 bridgehead atoms. The number of amides is 1. The van der Waals surface area contributed by atoms with E-state index in [0.29, 0.717) is 23.0 Å². The third kappa shape index (κ3) is 3.28. The van der Waals surface area contributed by atoms with E-state index in [1.807, 2.05) is 6.07 Å². The molecule has 0 aliphatic carbocycles. The molecular weight excluding hydrogens is 306 g/mol. The quantitative estimate of drug-likeness (QED) is 0.772. The molecule has 7 heteroatoms. The van der Waals surface area contributed by atoms with Crippen molar-refractivity contribution in [3.63, 3.8) is 0 Å². The number of aromatic nitrogens is 3. The van der Waals surface area contributed by atoms with Crippen LogP contribution >= 0.6 is 0 Å². The molecule has 1 heterocycles. The number of carbonyl (C=O) groups is 1.